The molecule has 0 fully saturated rings. The van der Waals surface area contributed by atoms with Crippen LogP contribution in [0.5, 0.6) is 0 Å². The average Bonchev–Trinajstić information content (AvgIpc) is 2.61. The zero-order valence-electron chi connectivity index (χ0n) is 14.0. The third kappa shape index (κ3) is 2.89. The Morgan fingerprint density at radius 2 is 1.69 bits per heavy atom. The summed E-state index contributed by atoms with van der Waals surface area (Å²) in [5, 5.41) is 2.82. The van der Waals surface area contributed by atoms with Gasteiger partial charge in [-0.25, -0.2) is 8.42 Å². The average molecular weight is 391 g/mol. The van der Waals surface area contributed by atoms with E-state index in [0.717, 1.165) is 4.31 Å². The predicted octanol–water partition coefficient (Wildman–Crippen LogP) is 2.82. The summed E-state index contributed by atoms with van der Waals surface area (Å²) in [5.41, 5.74) is 0.319. The number of nitrogens with one attached hydrogen (secondary N) is 1. The summed E-state index contributed by atoms with van der Waals surface area (Å²) >= 11 is 6.01. The number of likely N-dealkylation sites (N-methyl/N-ethyl adjacent to an activating group) is 1. The van der Waals surface area contributed by atoms with Gasteiger partial charge in [-0.3, -0.25) is 13.9 Å². The molecule has 3 rings (SSSR count). The molecular weight excluding hydrogens is 376 g/mol. The van der Waals surface area contributed by atoms with Crippen LogP contribution < -0.4 is 5.32 Å². The third-order valence-electron chi connectivity index (χ3n) is 4.07. The van der Waals surface area contributed by atoms with Gasteiger partial charge >= 0.3 is 0 Å². The van der Waals surface area contributed by atoms with E-state index >= 15 is 0 Å². The fourth-order valence-corrected chi connectivity index (χ4v) is 4.43. The summed E-state index contributed by atoms with van der Waals surface area (Å²) < 4.78 is 26.2. The van der Waals surface area contributed by atoms with E-state index in [4.69, 9.17) is 11.6 Å². The van der Waals surface area contributed by atoms with Crippen molar-refractivity contribution in [2.75, 3.05) is 7.05 Å². The normalized spacial score (nSPS) is 17.5. The van der Waals surface area contributed by atoms with Crippen LogP contribution in [-0.2, 0) is 10.0 Å². The maximum absolute atomic E-state index is 12.8. The number of hydrogen-bond donors (Lipinski definition) is 1. The number of carbonyl (C=O) groups excluding carboxylic acids is 2. The number of carbonyl (C=O) groups is 2. The lowest BCUT2D eigenvalue weighted by Gasteiger charge is -2.29. The molecule has 0 atom stereocenters. The number of halogens is 1. The van der Waals surface area contributed by atoms with Crippen LogP contribution in [0.15, 0.2) is 64.8 Å². The molecule has 1 N–H and O–H groups in total. The number of nitrogens with zero attached hydrogens (tertiary/aromatic N) is 1. The van der Waals surface area contributed by atoms with Crippen molar-refractivity contribution < 1.29 is 18.0 Å². The standard InChI is InChI=1S/C18H15ClN2O4S/c1-11(20-18(23)12-7-3-5-9-14(12)19)16-17(22)13-8-4-6-10-15(13)26(24,25)21(16)2/h3-10H,1-2H3,(H,20,23). The Hall–Kier alpha value is -2.64. The van der Waals surface area contributed by atoms with E-state index < -0.39 is 21.7 Å². The zero-order chi connectivity index (χ0) is 19.1. The lowest BCUT2D eigenvalue weighted by atomic mass is 10.1. The van der Waals surface area contributed by atoms with Crippen LogP contribution in [0, 0.1) is 0 Å². The second-order valence-electron chi connectivity index (χ2n) is 5.71. The number of amides is 1. The van der Waals surface area contributed by atoms with Crippen molar-refractivity contribution in [3.8, 4) is 0 Å². The van der Waals surface area contributed by atoms with Crippen molar-refractivity contribution in [3.05, 3.63) is 76.1 Å². The molecule has 2 aromatic carbocycles. The molecule has 1 amide bonds. The minimum absolute atomic E-state index is 0.0542. The first-order chi connectivity index (χ1) is 12.2. The van der Waals surface area contributed by atoms with Gasteiger partial charge in [0.05, 0.1) is 15.5 Å². The second kappa shape index (κ2) is 6.59. The first kappa shape index (κ1) is 18.2. The van der Waals surface area contributed by atoms with Gasteiger partial charge in [-0.15, -0.1) is 0 Å². The van der Waals surface area contributed by atoms with Crippen molar-refractivity contribution in [2.45, 2.75) is 11.8 Å². The molecule has 134 valence electrons. The van der Waals surface area contributed by atoms with Gasteiger partial charge in [0, 0.05) is 18.3 Å². The lowest BCUT2D eigenvalue weighted by molar-refractivity contribution is 0.0963. The first-order valence-electron chi connectivity index (χ1n) is 7.64. The molecular formula is C18H15ClN2O4S. The second-order valence-corrected chi connectivity index (χ2v) is 8.05. The number of ketones is 1. The van der Waals surface area contributed by atoms with Crippen LogP contribution in [0.1, 0.15) is 27.6 Å². The molecule has 0 saturated heterocycles. The topological polar surface area (TPSA) is 83.5 Å². The quantitative estimate of drug-likeness (QED) is 0.799. The number of fused-ring (bicyclic) bond motifs is 1. The van der Waals surface area contributed by atoms with E-state index in [1.165, 1.54) is 32.2 Å². The van der Waals surface area contributed by atoms with Crippen molar-refractivity contribution >= 4 is 33.3 Å². The molecule has 26 heavy (non-hydrogen) atoms. The van der Waals surface area contributed by atoms with E-state index in [2.05, 4.69) is 5.32 Å². The Morgan fingerprint density at radius 1 is 1.08 bits per heavy atom. The Morgan fingerprint density at radius 3 is 2.38 bits per heavy atom. The highest BCUT2D eigenvalue weighted by molar-refractivity contribution is 7.89. The van der Waals surface area contributed by atoms with Crippen LogP contribution in [0.4, 0.5) is 0 Å². The van der Waals surface area contributed by atoms with Gasteiger partial charge in [0.25, 0.3) is 15.9 Å². The SMILES string of the molecule is CC(NC(=O)c1ccccc1Cl)=C1C(=O)c2ccccc2S(=O)(=O)N1C. The van der Waals surface area contributed by atoms with Crippen LogP contribution >= 0.6 is 11.6 Å². The maximum Gasteiger partial charge on any atom is 0.264 e. The number of allylic oxidation sites excluding steroid dienone is 2. The number of hydrogen-bond acceptors (Lipinski definition) is 4. The van der Waals surface area contributed by atoms with Gasteiger partial charge in [0.1, 0.15) is 5.70 Å². The number of Topliss-reactive ketones (excluding diaryl/α,β-unsaturated/α-hetero) is 1. The molecule has 8 heteroatoms. The first-order valence-corrected chi connectivity index (χ1v) is 9.46. The van der Waals surface area contributed by atoms with Gasteiger partial charge in [0.2, 0.25) is 5.78 Å². The highest BCUT2D eigenvalue weighted by atomic mass is 35.5. The summed E-state index contributed by atoms with van der Waals surface area (Å²) in [7, 11) is -2.60. The molecule has 0 saturated carbocycles. The van der Waals surface area contributed by atoms with E-state index in [9.17, 15) is 18.0 Å². The molecule has 6 nitrogen and oxygen atoms in total. The fraction of sp³-hybridized carbons (Fsp3) is 0.111. The van der Waals surface area contributed by atoms with Gasteiger partial charge in [-0.2, -0.15) is 0 Å². The van der Waals surface area contributed by atoms with E-state index in [1.807, 2.05) is 0 Å². The van der Waals surface area contributed by atoms with Crippen molar-refractivity contribution in [1.82, 2.24) is 9.62 Å². The van der Waals surface area contributed by atoms with E-state index in [-0.39, 0.29) is 32.4 Å². The molecule has 0 unspecified atom stereocenters. The lowest BCUT2D eigenvalue weighted by Crippen LogP contribution is -2.39. The van der Waals surface area contributed by atoms with Gasteiger partial charge < -0.3 is 5.32 Å². The summed E-state index contributed by atoms with van der Waals surface area (Å²) in [4.78, 5) is 25.2. The largest absolute Gasteiger partial charge is 0.324 e. The predicted molar refractivity (Wildman–Crippen MR) is 97.3 cm³/mol. The van der Waals surface area contributed by atoms with Gasteiger partial charge in [-0.1, -0.05) is 35.9 Å². The van der Waals surface area contributed by atoms with Crippen LogP contribution in [-0.4, -0.2) is 31.5 Å². The fourth-order valence-electron chi connectivity index (χ4n) is 2.77. The number of benzene rings is 2. The zero-order valence-corrected chi connectivity index (χ0v) is 15.6. The molecule has 0 aromatic heterocycles. The monoisotopic (exact) mass is 390 g/mol. The van der Waals surface area contributed by atoms with Crippen molar-refractivity contribution in [3.63, 3.8) is 0 Å². The Balaban J connectivity index is 2.06. The Kier molecular flexibility index (Phi) is 4.60. The minimum Gasteiger partial charge on any atom is -0.324 e. The van der Waals surface area contributed by atoms with E-state index in [1.54, 1.807) is 30.3 Å². The summed E-state index contributed by atoms with van der Waals surface area (Å²) in [5.74, 6) is -1.01. The Bertz CT molecular complexity index is 1060. The van der Waals surface area contributed by atoms with Crippen LogP contribution in [0.3, 0.4) is 0 Å². The summed E-state index contributed by atoms with van der Waals surface area (Å²) in [6, 6.07) is 12.4. The minimum atomic E-state index is -3.88. The van der Waals surface area contributed by atoms with Crippen molar-refractivity contribution in [1.29, 1.82) is 0 Å². The maximum atomic E-state index is 12.8. The molecule has 0 bridgehead atoms. The molecule has 0 aliphatic carbocycles. The molecule has 2 aromatic rings. The van der Waals surface area contributed by atoms with Gasteiger partial charge in [0.15, 0.2) is 0 Å². The number of sulfonamides is 1. The highest BCUT2D eigenvalue weighted by Crippen LogP contribution is 2.31. The van der Waals surface area contributed by atoms with Crippen molar-refractivity contribution in [2.24, 2.45) is 0 Å². The molecule has 0 spiro atoms. The molecule has 0 radical (unpaired) electrons. The van der Waals surface area contributed by atoms with Gasteiger partial charge in [-0.05, 0) is 31.2 Å². The Labute approximate surface area is 156 Å². The smallest absolute Gasteiger partial charge is 0.264 e. The van der Waals surface area contributed by atoms with Crippen LogP contribution in [0.2, 0.25) is 5.02 Å². The number of rotatable bonds is 2. The molecule has 1 heterocycles. The summed E-state index contributed by atoms with van der Waals surface area (Å²) in [6.45, 7) is 1.47. The molecule has 1 aliphatic heterocycles. The third-order valence-corrected chi connectivity index (χ3v) is 6.22. The van der Waals surface area contributed by atoms with E-state index in [0.29, 0.717) is 0 Å². The highest BCUT2D eigenvalue weighted by Gasteiger charge is 2.38. The van der Waals surface area contributed by atoms with Crippen LogP contribution in [0.25, 0.3) is 0 Å². The molecule has 1 aliphatic rings. The summed E-state index contributed by atoms with van der Waals surface area (Å²) in [6.07, 6.45) is 0.